The fourth-order valence-corrected chi connectivity index (χ4v) is 2.82. The molecule has 21 heavy (non-hydrogen) atoms. The zero-order valence-electron chi connectivity index (χ0n) is 12.0. The summed E-state index contributed by atoms with van der Waals surface area (Å²) in [5.74, 6) is -0.355. The molecule has 1 unspecified atom stereocenters. The maximum Gasteiger partial charge on any atom is 0.419 e. The molecule has 108 valence electrons. The first-order chi connectivity index (χ1) is 10.0. The van der Waals surface area contributed by atoms with E-state index in [1.807, 2.05) is 24.3 Å². The lowest BCUT2D eigenvalue weighted by atomic mass is 10.0. The fourth-order valence-electron chi connectivity index (χ4n) is 2.51. The molecule has 0 aliphatic rings. The number of fused-ring (bicyclic) bond motifs is 1. The van der Waals surface area contributed by atoms with Gasteiger partial charge in [-0.25, -0.2) is 4.79 Å². The minimum absolute atomic E-state index is 0.151. The highest BCUT2D eigenvalue weighted by Crippen LogP contribution is 2.27. The van der Waals surface area contributed by atoms with E-state index in [1.165, 1.54) is 15.7 Å². The molecule has 0 fully saturated rings. The Morgan fingerprint density at radius 3 is 2.81 bits per heavy atom. The van der Waals surface area contributed by atoms with E-state index >= 15 is 0 Å². The first-order valence-corrected chi connectivity index (χ1v) is 7.27. The van der Waals surface area contributed by atoms with E-state index in [-0.39, 0.29) is 11.1 Å². The number of oxazole rings is 1. The SMILES string of the molecule is Cc1cccc(CC(Cl)c2ccc3c(c2)oc(=O)n3C)c1. The van der Waals surface area contributed by atoms with E-state index in [0.717, 1.165) is 17.5 Å². The maximum atomic E-state index is 11.5. The number of hydrogen-bond acceptors (Lipinski definition) is 2. The van der Waals surface area contributed by atoms with Crippen LogP contribution >= 0.6 is 11.6 Å². The number of hydrogen-bond donors (Lipinski definition) is 0. The molecule has 3 nitrogen and oxygen atoms in total. The van der Waals surface area contributed by atoms with Crippen molar-refractivity contribution >= 4 is 22.7 Å². The number of halogens is 1. The third-order valence-corrected chi connectivity index (χ3v) is 4.08. The molecule has 0 N–H and O–H groups in total. The minimum Gasteiger partial charge on any atom is -0.408 e. The summed E-state index contributed by atoms with van der Waals surface area (Å²) >= 11 is 6.51. The topological polar surface area (TPSA) is 35.1 Å². The molecule has 0 aliphatic carbocycles. The van der Waals surface area contributed by atoms with Crippen molar-refractivity contribution in [2.75, 3.05) is 0 Å². The lowest BCUT2D eigenvalue weighted by Crippen LogP contribution is -2.08. The molecule has 0 spiro atoms. The molecule has 3 aromatic rings. The molecular weight excluding hydrogens is 286 g/mol. The second-order valence-electron chi connectivity index (χ2n) is 5.31. The molecular formula is C17H16ClNO2. The Morgan fingerprint density at radius 1 is 1.24 bits per heavy atom. The molecule has 2 aromatic carbocycles. The number of benzene rings is 2. The average Bonchev–Trinajstić information content (AvgIpc) is 2.73. The molecule has 3 rings (SSSR count). The van der Waals surface area contributed by atoms with Crippen molar-refractivity contribution in [1.29, 1.82) is 0 Å². The molecule has 0 bridgehead atoms. The van der Waals surface area contributed by atoms with Crippen molar-refractivity contribution in [3.8, 4) is 0 Å². The van der Waals surface area contributed by atoms with Crippen LogP contribution in [0.1, 0.15) is 22.1 Å². The van der Waals surface area contributed by atoms with Crippen molar-refractivity contribution < 1.29 is 4.42 Å². The average molecular weight is 302 g/mol. The zero-order valence-corrected chi connectivity index (χ0v) is 12.7. The van der Waals surface area contributed by atoms with Crippen LogP contribution in [0.2, 0.25) is 0 Å². The number of rotatable bonds is 3. The molecule has 1 atom stereocenters. The first-order valence-electron chi connectivity index (χ1n) is 6.83. The molecule has 4 heteroatoms. The van der Waals surface area contributed by atoms with Gasteiger partial charge in [0.25, 0.3) is 0 Å². The lowest BCUT2D eigenvalue weighted by Gasteiger charge is -2.10. The van der Waals surface area contributed by atoms with Crippen molar-refractivity contribution in [3.05, 3.63) is 69.7 Å². The summed E-state index contributed by atoms with van der Waals surface area (Å²) in [5.41, 5.74) is 4.74. The Morgan fingerprint density at radius 2 is 2.05 bits per heavy atom. The first kappa shape index (κ1) is 14.0. The summed E-state index contributed by atoms with van der Waals surface area (Å²) in [6.45, 7) is 2.07. The maximum absolute atomic E-state index is 11.5. The van der Waals surface area contributed by atoms with E-state index in [4.69, 9.17) is 16.0 Å². The van der Waals surface area contributed by atoms with Gasteiger partial charge in [-0.3, -0.25) is 4.57 Å². The van der Waals surface area contributed by atoms with Crippen LogP contribution in [0.3, 0.4) is 0 Å². The van der Waals surface area contributed by atoms with Gasteiger partial charge < -0.3 is 4.42 Å². The van der Waals surface area contributed by atoms with Gasteiger partial charge in [0.15, 0.2) is 5.58 Å². The van der Waals surface area contributed by atoms with Gasteiger partial charge in [-0.05, 0) is 36.6 Å². The summed E-state index contributed by atoms with van der Waals surface area (Å²) in [4.78, 5) is 11.5. The van der Waals surface area contributed by atoms with Crippen LogP contribution in [0.25, 0.3) is 11.1 Å². The lowest BCUT2D eigenvalue weighted by molar-refractivity contribution is 0.528. The quantitative estimate of drug-likeness (QED) is 0.686. The van der Waals surface area contributed by atoms with Crippen molar-refractivity contribution in [3.63, 3.8) is 0 Å². The highest BCUT2D eigenvalue weighted by molar-refractivity contribution is 6.21. The summed E-state index contributed by atoms with van der Waals surface area (Å²) in [7, 11) is 1.69. The van der Waals surface area contributed by atoms with Gasteiger partial charge >= 0.3 is 5.76 Å². The van der Waals surface area contributed by atoms with Gasteiger partial charge in [0.1, 0.15) is 0 Å². The van der Waals surface area contributed by atoms with Crippen LogP contribution in [-0.4, -0.2) is 4.57 Å². The molecule has 0 aliphatic heterocycles. The van der Waals surface area contributed by atoms with Gasteiger partial charge in [0.05, 0.1) is 10.9 Å². The summed E-state index contributed by atoms with van der Waals surface area (Å²) in [5, 5.41) is -0.151. The van der Waals surface area contributed by atoms with Gasteiger partial charge in [0, 0.05) is 7.05 Å². The number of aryl methyl sites for hydroxylation is 2. The highest BCUT2D eigenvalue weighted by Gasteiger charge is 2.13. The normalized spacial score (nSPS) is 12.7. The fraction of sp³-hybridized carbons (Fsp3) is 0.235. The molecule has 0 saturated heterocycles. The van der Waals surface area contributed by atoms with Crippen LogP contribution in [0.4, 0.5) is 0 Å². The predicted molar refractivity (Wildman–Crippen MR) is 84.9 cm³/mol. The number of nitrogens with zero attached hydrogens (tertiary/aromatic N) is 1. The van der Waals surface area contributed by atoms with E-state index < -0.39 is 0 Å². The molecule has 0 radical (unpaired) electrons. The van der Waals surface area contributed by atoms with Crippen molar-refractivity contribution in [2.45, 2.75) is 18.7 Å². The predicted octanol–water partition coefficient (Wildman–Crippen LogP) is 3.96. The molecule has 1 aromatic heterocycles. The second-order valence-corrected chi connectivity index (χ2v) is 5.84. The van der Waals surface area contributed by atoms with Crippen LogP contribution in [0.15, 0.2) is 51.7 Å². The summed E-state index contributed by atoms with van der Waals surface area (Å²) in [6.07, 6.45) is 0.742. The standard InChI is InChI=1S/C17H16ClNO2/c1-11-4-3-5-12(8-11)9-14(18)13-6-7-15-16(10-13)21-17(20)19(15)2/h3-8,10,14H,9H2,1-2H3. The monoisotopic (exact) mass is 301 g/mol. The highest BCUT2D eigenvalue weighted by atomic mass is 35.5. The minimum atomic E-state index is -0.355. The van der Waals surface area contributed by atoms with E-state index in [0.29, 0.717) is 5.58 Å². The van der Waals surface area contributed by atoms with E-state index in [1.54, 1.807) is 7.05 Å². The molecule has 1 heterocycles. The van der Waals surface area contributed by atoms with Gasteiger partial charge in [-0.1, -0.05) is 35.9 Å². The largest absolute Gasteiger partial charge is 0.419 e. The smallest absolute Gasteiger partial charge is 0.408 e. The Hall–Kier alpha value is -2.00. The Labute approximate surface area is 127 Å². The van der Waals surface area contributed by atoms with Crippen LogP contribution < -0.4 is 5.76 Å². The Bertz CT molecular complexity index is 847. The Kier molecular flexibility index (Phi) is 3.60. The molecule has 0 amide bonds. The third kappa shape index (κ3) is 2.74. The van der Waals surface area contributed by atoms with Gasteiger partial charge in [0.2, 0.25) is 0 Å². The van der Waals surface area contributed by atoms with Crippen LogP contribution in [0.5, 0.6) is 0 Å². The zero-order chi connectivity index (χ0) is 15.0. The van der Waals surface area contributed by atoms with Crippen LogP contribution in [-0.2, 0) is 13.5 Å². The van der Waals surface area contributed by atoms with Gasteiger partial charge in [-0.15, -0.1) is 11.6 Å². The summed E-state index contributed by atoms with van der Waals surface area (Å²) in [6, 6.07) is 14.0. The van der Waals surface area contributed by atoms with E-state index in [9.17, 15) is 4.79 Å². The van der Waals surface area contributed by atoms with Gasteiger partial charge in [-0.2, -0.15) is 0 Å². The Balaban J connectivity index is 1.91. The van der Waals surface area contributed by atoms with Crippen molar-refractivity contribution in [1.82, 2.24) is 4.57 Å². The van der Waals surface area contributed by atoms with Crippen LogP contribution in [0, 0.1) is 6.92 Å². The number of alkyl halides is 1. The van der Waals surface area contributed by atoms with E-state index in [2.05, 4.69) is 25.1 Å². The number of aromatic nitrogens is 1. The third-order valence-electron chi connectivity index (χ3n) is 3.68. The molecule has 0 saturated carbocycles. The van der Waals surface area contributed by atoms with Crippen molar-refractivity contribution in [2.24, 2.45) is 7.05 Å². The summed E-state index contributed by atoms with van der Waals surface area (Å²) < 4.78 is 6.70. The second kappa shape index (κ2) is 5.41.